The van der Waals surface area contributed by atoms with Crippen LogP contribution in [0.1, 0.15) is 39.9 Å². The molecule has 3 N–H and O–H groups in total. The number of likely N-dealkylation sites (tertiary alicyclic amines) is 1. The molecular formula is C25H25BrN4O2. The van der Waals surface area contributed by atoms with E-state index in [-0.39, 0.29) is 35.7 Å². The number of phenolic OH excluding ortho intramolecular Hbond substituents is 1. The first-order valence-corrected chi connectivity index (χ1v) is 11.5. The van der Waals surface area contributed by atoms with E-state index in [1.807, 2.05) is 55.1 Å². The Hall–Kier alpha value is -2.74. The lowest BCUT2D eigenvalue weighted by Gasteiger charge is -2.32. The second-order valence-corrected chi connectivity index (χ2v) is 9.58. The molecule has 0 aliphatic carbocycles. The second-order valence-electron chi connectivity index (χ2n) is 8.66. The summed E-state index contributed by atoms with van der Waals surface area (Å²) in [6, 6.07) is 15.3. The summed E-state index contributed by atoms with van der Waals surface area (Å²) in [5.41, 5.74) is 11.3. The Morgan fingerprint density at radius 2 is 1.84 bits per heavy atom. The van der Waals surface area contributed by atoms with Crippen LogP contribution in [0, 0.1) is 19.8 Å². The number of carbonyl (C=O) groups excluding carboxylic acids is 1. The number of amides is 1. The molecule has 1 amide bonds. The van der Waals surface area contributed by atoms with Crippen molar-refractivity contribution in [3.8, 4) is 5.75 Å². The van der Waals surface area contributed by atoms with Gasteiger partial charge < -0.3 is 10.0 Å². The molecule has 0 saturated carbocycles. The van der Waals surface area contributed by atoms with Gasteiger partial charge in [0.15, 0.2) is 0 Å². The van der Waals surface area contributed by atoms with Crippen LogP contribution in [0.25, 0.3) is 0 Å². The second kappa shape index (κ2) is 8.31. The van der Waals surface area contributed by atoms with Gasteiger partial charge in [-0.1, -0.05) is 51.8 Å². The maximum Gasteiger partial charge on any atom is 0.242 e. The molecule has 3 aromatic rings. The SMILES string of the molecule is Cc1cc(C)c(O)c(C2NNC3C(=O)N(Cc4cccnc4)C(c4ccc(Br)cc4)C32)c1. The third-order valence-corrected chi connectivity index (χ3v) is 7.04. The van der Waals surface area contributed by atoms with E-state index in [1.165, 1.54) is 0 Å². The maximum absolute atomic E-state index is 13.6. The van der Waals surface area contributed by atoms with Crippen molar-refractivity contribution in [1.29, 1.82) is 0 Å². The molecule has 3 heterocycles. The highest BCUT2D eigenvalue weighted by atomic mass is 79.9. The van der Waals surface area contributed by atoms with Crippen LogP contribution in [0.3, 0.4) is 0 Å². The monoisotopic (exact) mass is 492 g/mol. The number of nitrogens with one attached hydrogen (secondary N) is 2. The predicted molar refractivity (Wildman–Crippen MR) is 126 cm³/mol. The summed E-state index contributed by atoms with van der Waals surface area (Å²) in [5, 5.41) is 10.9. The molecule has 2 aromatic carbocycles. The number of benzene rings is 2. The smallest absolute Gasteiger partial charge is 0.242 e. The molecule has 2 fully saturated rings. The Bertz CT molecular complexity index is 1150. The van der Waals surface area contributed by atoms with Crippen LogP contribution < -0.4 is 10.9 Å². The number of nitrogens with zero attached hydrogens (tertiary/aromatic N) is 2. The first-order chi connectivity index (χ1) is 15.4. The predicted octanol–water partition coefficient (Wildman–Crippen LogP) is 4.08. The lowest BCUT2D eigenvalue weighted by atomic mass is 9.82. The molecule has 0 spiro atoms. The molecule has 2 aliphatic heterocycles. The van der Waals surface area contributed by atoms with Crippen LogP contribution in [0.15, 0.2) is 65.4 Å². The summed E-state index contributed by atoms with van der Waals surface area (Å²) in [7, 11) is 0. The molecule has 7 heteroatoms. The third kappa shape index (κ3) is 3.60. The highest BCUT2D eigenvalue weighted by Gasteiger charge is 2.55. The number of halogens is 1. The molecule has 164 valence electrons. The van der Waals surface area contributed by atoms with E-state index in [1.54, 1.807) is 12.4 Å². The minimum atomic E-state index is -0.384. The molecule has 32 heavy (non-hydrogen) atoms. The first-order valence-electron chi connectivity index (χ1n) is 10.7. The van der Waals surface area contributed by atoms with Crippen molar-refractivity contribution in [2.24, 2.45) is 5.92 Å². The third-order valence-electron chi connectivity index (χ3n) is 6.51. The van der Waals surface area contributed by atoms with Gasteiger partial charge in [-0.05, 0) is 48.7 Å². The van der Waals surface area contributed by atoms with Crippen molar-refractivity contribution in [3.63, 3.8) is 0 Å². The first kappa shape index (κ1) is 21.1. The standard InChI is InChI=1S/C25H25BrN4O2/c1-14-10-15(2)24(31)19(11-14)21-20-22(29-28-21)25(32)30(13-16-4-3-9-27-12-16)23(20)17-5-7-18(26)8-6-17/h3-12,20-23,28-29,31H,13H2,1-2H3. The lowest BCUT2D eigenvalue weighted by Crippen LogP contribution is -2.41. The van der Waals surface area contributed by atoms with E-state index < -0.39 is 0 Å². The van der Waals surface area contributed by atoms with Crippen molar-refractivity contribution in [2.45, 2.75) is 38.5 Å². The molecule has 0 radical (unpaired) electrons. The molecule has 2 aliphatic rings. The lowest BCUT2D eigenvalue weighted by molar-refractivity contribution is -0.131. The number of aromatic hydroxyl groups is 1. The van der Waals surface area contributed by atoms with Crippen LogP contribution >= 0.6 is 15.9 Å². The van der Waals surface area contributed by atoms with Gasteiger partial charge >= 0.3 is 0 Å². The number of hydrazine groups is 1. The van der Waals surface area contributed by atoms with Gasteiger partial charge in [-0.3, -0.25) is 9.78 Å². The van der Waals surface area contributed by atoms with Crippen molar-refractivity contribution < 1.29 is 9.90 Å². The summed E-state index contributed by atoms with van der Waals surface area (Å²) in [6.07, 6.45) is 3.54. The van der Waals surface area contributed by atoms with Crippen LogP contribution in [0.5, 0.6) is 5.75 Å². The van der Waals surface area contributed by atoms with Gasteiger partial charge in [0.05, 0.1) is 12.1 Å². The minimum absolute atomic E-state index is 0.0469. The number of hydrogen-bond acceptors (Lipinski definition) is 5. The number of hydrogen-bond donors (Lipinski definition) is 3. The van der Waals surface area contributed by atoms with E-state index in [0.717, 1.165) is 32.3 Å². The summed E-state index contributed by atoms with van der Waals surface area (Å²) >= 11 is 3.52. The summed E-state index contributed by atoms with van der Waals surface area (Å²) in [4.78, 5) is 19.7. The number of pyridine rings is 1. The summed E-state index contributed by atoms with van der Waals surface area (Å²) in [5.74, 6) is 0.237. The molecule has 4 unspecified atom stereocenters. The number of phenols is 1. The fourth-order valence-electron chi connectivity index (χ4n) is 5.12. The highest BCUT2D eigenvalue weighted by Crippen LogP contribution is 2.49. The van der Waals surface area contributed by atoms with Gasteiger partial charge in [0.25, 0.3) is 0 Å². The van der Waals surface area contributed by atoms with E-state index in [4.69, 9.17) is 0 Å². The van der Waals surface area contributed by atoms with Gasteiger partial charge in [0, 0.05) is 34.9 Å². The topological polar surface area (TPSA) is 77.5 Å². The van der Waals surface area contributed by atoms with Crippen molar-refractivity contribution in [3.05, 3.63) is 93.2 Å². The molecule has 0 bridgehead atoms. The fourth-order valence-corrected chi connectivity index (χ4v) is 5.39. The Morgan fingerprint density at radius 1 is 1.09 bits per heavy atom. The van der Waals surface area contributed by atoms with Crippen molar-refractivity contribution in [1.82, 2.24) is 20.7 Å². The number of carbonyl (C=O) groups is 1. The van der Waals surface area contributed by atoms with E-state index >= 15 is 0 Å². The largest absolute Gasteiger partial charge is 0.507 e. The summed E-state index contributed by atoms with van der Waals surface area (Å²) < 4.78 is 0.993. The van der Waals surface area contributed by atoms with Crippen molar-refractivity contribution in [2.75, 3.05) is 0 Å². The fraction of sp³-hybridized carbons (Fsp3) is 0.280. The van der Waals surface area contributed by atoms with Gasteiger partial charge in [-0.15, -0.1) is 0 Å². The maximum atomic E-state index is 13.6. The van der Waals surface area contributed by atoms with Crippen LogP contribution in [0.4, 0.5) is 0 Å². The zero-order chi connectivity index (χ0) is 22.4. The summed E-state index contributed by atoms with van der Waals surface area (Å²) in [6.45, 7) is 4.41. The quantitative estimate of drug-likeness (QED) is 0.511. The Labute approximate surface area is 195 Å². The molecule has 1 aromatic heterocycles. The van der Waals surface area contributed by atoms with Gasteiger partial charge in [-0.25, -0.2) is 10.9 Å². The molecule has 5 rings (SSSR count). The number of rotatable bonds is 4. The van der Waals surface area contributed by atoms with Gasteiger partial charge in [0.2, 0.25) is 5.91 Å². The molecule has 6 nitrogen and oxygen atoms in total. The zero-order valence-corrected chi connectivity index (χ0v) is 19.5. The van der Waals surface area contributed by atoms with E-state index in [2.05, 4.69) is 43.9 Å². The number of aryl methyl sites for hydroxylation is 2. The van der Waals surface area contributed by atoms with Crippen molar-refractivity contribution >= 4 is 21.8 Å². The van der Waals surface area contributed by atoms with Crippen LogP contribution in [-0.4, -0.2) is 26.9 Å². The van der Waals surface area contributed by atoms with E-state index in [9.17, 15) is 9.90 Å². The Kier molecular flexibility index (Phi) is 5.49. The van der Waals surface area contributed by atoms with Crippen LogP contribution in [-0.2, 0) is 11.3 Å². The van der Waals surface area contributed by atoms with Gasteiger partial charge in [-0.2, -0.15) is 0 Å². The molecular weight excluding hydrogens is 468 g/mol. The number of fused-ring (bicyclic) bond motifs is 1. The Balaban J connectivity index is 1.60. The van der Waals surface area contributed by atoms with E-state index in [0.29, 0.717) is 6.54 Å². The Morgan fingerprint density at radius 3 is 2.56 bits per heavy atom. The zero-order valence-electron chi connectivity index (χ0n) is 17.9. The minimum Gasteiger partial charge on any atom is -0.507 e. The van der Waals surface area contributed by atoms with Gasteiger partial charge in [0.1, 0.15) is 11.8 Å². The number of aromatic nitrogens is 1. The van der Waals surface area contributed by atoms with Crippen LogP contribution in [0.2, 0.25) is 0 Å². The normalized spacial score (nSPS) is 24.7. The molecule has 4 atom stereocenters. The average molecular weight is 493 g/mol. The average Bonchev–Trinajstić information content (AvgIpc) is 3.32. The molecule has 2 saturated heterocycles. The highest BCUT2D eigenvalue weighted by molar-refractivity contribution is 9.10.